The summed E-state index contributed by atoms with van der Waals surface area (Å²) in [5.74, 6) is 0. The number of hydrogen-bond donors (Lipinski definition) is 0. The fourth-order valence-electron chi connectivity index (χ4n) is 3.28. The highest BCUT2D eigenvalue weighted by Gasteiger charge is 2.08. The van der Waals surface area contributed by atoms with Gasteiger partial charge in [-0.25, -0.2) is 0 Å². The summed E-state index contributed by atoms with van der Waals surface area (Å²) in [4.78, 5) is 0. The molecule has 0 atom stereocenters. The molecule has 0 N–H and O–H groups in total. The first-order valence-electron chi connectivity index (χ1n) is 8.21. The largest absolute Gasteiger partial charge is 0.341 e. The van der Waals surface area contributed by atoms with Crippen molar-refractivity contribution >= 4 is 49.9 Å². The summed E-state index contributed by atoms with van der Waals surface area (Å²) in [6.45, 7) is 3.19. The SMILES string of the molecule is CCn1c2ccccc2c2cc(C=Cc3ccc(Br)cc3)ccc21. The van der Waals surface area contributed by atoms with Crippen LogP contribution >= 0.6 is 15.9 Å². The number of benzene rings is 3. The molecule has 0 radical (unpaired) electrons. The first-order chi connectivity index (χ1) is 11.8. The van der Waals surface area contributed by atoms with Crippen LogP contribution in [-0.4, -0.2) is 4.57 Å². The van der Waals surface area contributed by atoms with Crippen LogP contribution in [0.25, 0.3) is 34.0 Å². The molecule has 118 valence electrons. The van der Waals surface area contributed by atoms with Gasteiger partial charge in [0.2, 0.25) is 0 Å². The number of para-hydroxylation sites is 1. The van der Waals surface area contributed by atoms with Gasteiger partial charge in [-0.3, -0.25) is 0 Å². The molecule has 0 aliphatic carbocycles. The molecule has 0 unspecified atom stereocenters. The lowest BCUT2D eigenvalue weighted by Crippen LogP contribution is -1.92. The van der Waals surface area contributed by atoms with Gasteiger partial charge < -0.3 is 4.57 Å². The van der Waals surface area contributed by atoms with Crippen LogP contribution in [0, 0.1) is 0 Å². The third kappa shape index (κ3) is 2.67. The number of fused-ring (bicyclic) bond motifs is 3. The standard InChI is InChI=1S/C22H18BrN/c1-2-24-21-6-4-3-5-19(21)20-15-17(11-14-22(20)24)8-7-16-9-12-18(23)13-10-16/h3-15H,2H2,1H3. The molecule has 0 saturated heterocycles. The fraction of sp³-hybridized carbons (Fsp3) is 0.0909. The van der Waals surface area contributed by atoms with Crippen molar-refractivity contribution in [3.63, 3.8) is 0 Å². The van der Waals surface area contributed by atoms with Crippen LogP contribution in [0.4, 0.5) is 0 Å². The van der Waals surface area contributed by atoms with Gasteiger partial charge in [0.05, 0.1) is 0 Å². The highest BCUT2D eigenvalue weighted by molar-refractivity contribution is 9.10. The van der Waals surface area contributed by atoms with Gasteiger partial charge in [0.15, 0.2) is 0 Å². The molecule has 0 aliphatic rings. The summed E-state index contributed by atoms with van der Waals surface area (Å²) in [5, 5.41) is 2.65. The van der Waals surface area contributed by atoms with Gasteiger partial charge in [-0.2, -0.15) is 0 Å². The van der Waals surface area contributed by atoms with Crippen molar-refractivity contribution in [1.82, 2.24) is 4.57 Å². The Bertz CT molecular complexity index is 1040. The third-order valence-electron chi connectivity index (χ3n) is 4.45. The van der Waals surface area contributed by atoms with Gasteiger partial charge in [0.25, 0.3) is 0 Å². The Morgan fingerprint density at radius 2 is 1.46 bits per heavy atom. The number of hydrogen-bond acceptors (Lipinski definition) is 0. The van der Waals surface area contributed by atoms with Gasteiger partial charge in [0, 0.05) is 32.8 Å². The summed E-state index contributed by atoms with van der Waals surface area (Å²) < 4.78 is 3.49. The van der Waals surface area contributed by atoms with E-state index in [0.717, 1.165) is 11.0 Å². The number of nitrogens with zero attached hydrogens (tertiary/aromatic N) is 1. The van der Waals surface area contributed by atoms with Crippen molar-refractivity contribution in [2.45, 2.75) is 13.5 Å². The molecular weight excluding hydrogens is 358 g/mol. The number of halogens is 1. The summed E-state index contributed by atoms with van der Waals surface area (Å²) in [5.41, 5.74) is 5.04. The Balaban J connectivity index is 1.80. The Kier molecular flexibility index (Phi) is 3.99. The minimum atomic E-state index is 0.984. The summed E-state index contributed by atoms with van der Waals surface area (Å²) in [7, 11) is 0. The van der Waals surface area contributed by atoms with E-state index in [0.29, 0.717) is 0 Å². The fourth-order valence-corrected chi connectivity index (χ4v) is 3.55. The molecule has 4 rings (SSSR count). The zero-order chi connectivity index (χ0) is 16.5. The van der Waals surface area contributed by atoms with Crippen molar-refractivity contribution in [2.24, 2.45) is 0 Å². The molecule has 4 aromatic rings. The molecule has 0 aliphatic heterocycles. The monoisotopic (exact) mass is 375 g/mol. The van der Waals surface area contributed by atoms with Gasteiger partial charge in [-0.15, -0.1) is 0 Å². The quantitative estimate of drug-likeness (QED) is 0.349. The first kappa shape index (κ1) is 15.2. The van der Waals surface area contributed by atoms with Crippen LogP contribution in [0.5, 0.6) is 0 Å². The second-order valence-electron chi connectivity index (χ2n) is 5.92. The Morgan fingerprint density at radius 1 is 0.792 bits per heavy atom. The highest BCUT2D eigenvalue weighted by Crippen LogP contribution is 2.30. The Labute approximate surface area is 150 Å². The molecule has 1 nitrogen and oxygen atoms in total. The average Bonchev–Trinajstić information content (AvgIpc) is 2.94. The van der Waals surface area contributed by atoms with Crippen LogP contribution < -0.4 is 0 Å². The first-order valence-corrected chi connectivity index (χ1v) is 9.00. The van der Waals surface area contributed by atoms with E-state index in [2.05, 4.69) is 106 Å². The predicted molar refractivity (Wildman–Crippen MR) is 108 cm³/mol. The number of rotatable bonds is 3. The lowest BCUT2D eigenvalue weighted by atomic mass is 10.1. The van der Waals surface area contributed by atoms with E-state index >= 15 is 0 Å². The van der Waals surface area contributed by atoms with E-state index in [1.165, 1.54) is 32.9 Å². The zero-order valence-electron chi connectivity index (χ0n) is 13.5. The Morgan fingerprint density at radius 3 is 2.25 bits per heavy atom. The van der Waals surface area contributed by atoms with E-state index in [4.69, 9.17) is 0 Å². The molecule has 1 aromatic heterocycles. The van der Waals surface area contributed by atoms with Gasteiger partial charge in [-0.1, -0.05) is 64.5 Å². The van der Waals surface area contributed by atoms with Crippen molar-refractivity contribution in [3.05, 3.63) is 82.3 Å². The molecule has 0 spiro atoms. The second kappa shape index (κ2) is 6.29. The molecule has 24 heavy (non-hydrogen) atoms. The molecular formula is C22H18BrN. The maximum Gasteiger partial charge on any atom is 0.0491 e. The molecule has 0 bridgehead atoms. The summed E-state index contributed by atoms with van der Waals surface area (Å²) in [6, 6.07) is 23.7. The zero-order valence-corrected chi connectivity index (χ0v) is 15.1. The van der Waals surface area contributed by atoms with Gasteiger partial charge in [-0.05, 0) is 48.4 Å². The lowest BCUT2D eigenvalue weighted by molar-refractivity contribution is 0.827. The van der Waals surface area contributed by atoms with Crippen LogP contribution in [-0.2, 0) is 6.54 Å². The molecule has 0 amide bonds. The van der Waals surface area contributed by atoms with Crippen molar-refractivity contribution in [1.29, 1.82) is 0 Å². The third-order valence-corrected chi connectivity index (χ3v) is 4.98. The smallest absolute Gasteiger partial charge is 0.0491 e. The minimum Gasteiger partial charge on any atom is -0.341 e. The average molecular weight is 376 g/mol. The van der Waals surface area contributed by atoms with Crippen molar-refractivity contribution in [3.8, 4) is 0 Å². The second-order valence-corrected chi connectivity index (χ2v) is 6.84. The van der Waals surface area contributed by atoms with Crippen molar-refractivity contribution < 1.29 is 0 Å². The molecule has 2 heteroatoms. The maximum absolute atomic E-state index is 3.47. The van der Waals surface area contributed by atoms with Crippen molar-refractivity contribution in [2.75, 3.05) is 0 Å². The van der Waals surface area contributed by atoms with E-state index in [1.54, 1.807) is 0 Å². The van der Waals surface area contributed by atoms with Gasteiger partial charge >= 0.3 is 0 Å². The minimum absolute atomic E-state index is 0.984. The van der Waals surface area contributed by atoms with E-state index in [9.17, 15) is 0 Å². The highest BCUT2D eigenvalue weighted by atomic mass is 79.9. The Hall–Kier alpha value is -2.32. The number of aromatic nitrogens is 1. The molecule has 3 aromatic carbocycles. The van der Waals surface area contributed by atoms with E-state index in [-0.39, 0.29) is 0 Å². The van der Waals surface area contributed by atoms with Crippen LogP contribution in [0.15, 0.2) is 71.2 Å². The summed E-state index contributed by atoms with van der Waals surface area (Å²) in [6.07, 6.45) is 4.34. The van der Waals surface area contributed by atoms with Crippen LogP contribution in [0.3, 0.4) is 0 Å². The van der Waals surface area contributed by atoms with Crippen LogP contribution in [0.2, 0.25) is 0 Å². The summed E-state index contributed by atoms with van der Waals surface area (Å²) >= 11 is 3.47. The van der Waals surface area contributed by atoms with E-state index < -0.39 is 0 Å². The predicted octanol–water partition coefficient (Wildman–Crippen LogP) is 6.75. The van der Waals surface area contributed by atoms with Gasteiger partial charge in [0.1, 0.15) is 0 Å². The molecule has 0 saturated carbocycles. The molecule has 1 heterocycles. The molecule has 0 fully saturated rings. The topological polar surface area (TPSA) is 4.93 Å². The van der Waals surface area contributed by atoms with Crippen LogP contribution in [0.1, 0.15) is 18.1 Å². The number of aryl methyl sites for hydroxylation is 1. The maximum atomic E-state index is 3.47. The lowest BCUT2D eigenvalue weighted by Gasteiger charge is -2.02. The normalized spacial score (nSPS) is 11.8. The van der Waals surface area contributed by atoms with E-state index in [1.807, 2.05) is 0 Å².